The van der Waals surface area contributed by atoms with Gasteiger partial charge in [0.15, 0.2) is 0 Å². The molecule has 2 aromatic carbocycles. The molecule has 0 saturated carbocycles. The van der Waals surface area contributed by atoms with Crippen LogP contribution >= 0.6 is 8.25 Å². The highest BCUT2D eigenvalue weighted by Crippen LogP contribution is 2.24. The van der Waals surface area contributed by atoms with Crippen LogP contribution in [-0.2, 0) is 9.09 Å². The van der Waals surface area contributed by atoms with Crippen LogP contribution < -0.4 is 5.32 Å². The predicted molar refractivity (Wildman–Crippen MR) is 76.4 cm³/mol. The van der Waals surface area contributed by atoms with E-state index in [1.54, 1.807) is 0 Å². The molecule has 0 saturated heterocycles. The van der Waals surface area contributed by atoms with Crippen molar-refractivity contribution in [1.82, 2.24) is 0 Å². The minimum absolute atomic E-state index is 0.146. The predicted octanol–water partition coefficient (Wildman–Crippen LogP) is 3.24. The molecule has 0 fully saturated rings. The Bertz CT molecular complexity index is 519. The summed E-state index contributed by atoms with van der Waals surface area (Å²) < 4.78 is 15.6. The van der Waals surface area contributed by atoms with Gasteiger partial charge in [0.05, 0.1) is 12.6 Å². The standard InChI is InChI=1S/C14H16NO3P/c16-19(17)18-11-14(12-7-3-1-4-8-12)15-13-9-5-2-6-10-13/h1-10,14-15,19H,11H2,(H,16,17). The van der Waals surface area contributed by atoms with Crippen molar-refractivity contribution in [2.45, 2.75) is 6.04 Å². The zero-order valence-corrected chi connectivity index (χ0v) is 11.3. The summed E-state index contributed by atoms with van der Waals surface area (Å²) in [7, 11) is -2.92. The van der Waals surface area contributed by atoms with Crippen molar-refractivity contribution in [3.63, 3.8) is 0 Å². The van der Waals surface area contributed by atoms with Crippen molar-refractivity contribution < 1.29 is 14.0 Å². The van der Waals surface area contributed by atoms with Crippen LogP contribution in [0.25, 0.3) is 0 Å². The molecule has 2 aromatic rings. The fourth-order valence-electron chi connectivity index (χ4n) is 1.80. The van der Waals surface area contributed by atoms with E-state index in [1.165, 1.54) is 0 Å². The third kappa shape index (κ3) is 4.52. The van der Waals surface area contributed by atoms with E-state index in [4.69, 9.17) is 9.42 Å². The first-order chi connectivity index (χ1) is 9.25. The van der Waals surface area contributed by atoms with E-state index >= 15 is 0 Å². The molecular formula is C14H16NO3P. The molecular weight excluding hydrogens is 261 g/mol. The van der Waals surface area contributed by atoms with Gasteiger partial charge in [0, 0.05) is 5.69 Å². The van der Waals surface area contributed by atoms with Crippen LogP contribution in [0.2, 0.25) is 0 Å². The molecule has 0 aliphatic heterocycles. The van der Waals surface area contributed by atoms with Crippen molar-refractivity contribution in [2.75, 3.05) is 11.9 Å². The fourth-order valence-corrected chi connectivity index (χ4v) is 2.11. The average molecular weight is 277 g/mol. The lowest BCUT2D eigenvalue weighted by Crippen LogP contribution is -2.15. The number of hydrogen-bond donors (Lipinski definition) is 2. The zero-order chi connectivity index (χ0) is 13.5. The van der Waals surface area contributed by atoms with Crippen LogP contribution in [0.15, 0.2) is 60.7 Å². The first-order valence-electron chi connectivity index (χ1n) is 5.98. The molecule has 2 unspecified atom stereocenters. The summed E-state index contributed by atoms with van der Waals surface area (Å²) in [5.41, 5.74) is 1.95. The van der Waals surface area contributed by atoms with Gasteiger partial charge in [-0.15, -0.1) is 0 Å². The maximum Gasteiger partial charge on any atom is 0.316 e. The smallest absolute Gasteiger partial charge is 0.316 e. The Morgan fingerprint density at radius 3 is 2.21 bits per heavy atom. The Labute approximate surface area is 113 Å². The quantitative estimate of drug-likeness (QED) is 0.796. The van der Waals surface area contributed by atoms with E-state index in [2.05, 4.69) is 5.32 Å². The summed E-state index contributed by atoms with van der Waals surface area (Å²) in [5.74, 6) is 0. The summed E-state index contributed by atoms with van der Waals surface area (Å²) in [6.07, 6.45) is 0. The molecule has 2 rings (SSSR count). The van der Waals surface area contributed by atoms with Crippen LogP contribution in [0.3, 0.4) is 0 Å². The molecule has 0 aliphatic rings. The number of hydrogen-bond acceptors (Lipinski definition) is 3. The Kier molecular flexibility index (Phi) is 5.16. The van der Waals surface area contributed by atoms with Crippen molar-refractivity contribution in [2.24, 2.45) is 0 Å². The van der Waals surface area contributed by atoms with Gasteiger partial charge in [-0.1, -0.05) is 48.5 Å². The molecule has 19 heavy (non-hydrogen) atoms. The molecule has 2 atom stereocenters. The van der Waals surface area contributed by atoms with Crippen LogP contribution in [0, 0.1) is 0 Å². The van der Waals surface area contributed by atoms with E-state index in [9.17, 15) is 4.57 Å². The lowest BCUT2D eigenvalue weighted by molar-refractivity contribution is 0.269. The van der Waals surface area contributed by atoms with E-state index in [0.717, 1.165) is 11.3 Å². The SMILES string of the molecule is O=[PH](O)OCC(Nc1ccccc1)c1ccccc1. The summed E-state index contributed by atoms with van der Waals surface area (Å²) in [6.45, 7) is 0.146. The lowest BCUT2D eigenvalue weighted by atomic mass is 10.1. The molecule has 0 bridgehead atoms. The highest BCUT2D eigenvalue weighted by Gasteiger charge is 2.12. The first-order valence-corrected chi connectivity index (χ1v) is 7.24. The Balaban J connectivity index is 2.12. The number of rotatable bonds is 6. The zero-order valence-electron chi connectivity index (χ0n) is 10.3. The van der Waals surface area contributed by atoms with Crippen LogP contribution in [0.1, 0.15) is 11.6 Å². The minimum atomic E-state index is -2.92. The lowest BCUT2D eigenvalue weighted by Gasteiger charge is -2.19. The summed E-state index contributed by atoms with van der Waals surface area (Å²) in [5, 5.41) is 3.29. The largest absolute Gasteiger partial charge is 0.376 e. The molecule has 0 amide bonds. The number of benzene rings is 2. The normalized spacial score (nSPS) is 13.7. The van der Waals surface area contributed by atoms with Gasteiger partial charge in [-0.2, -0.15) is 0 Å². The highest BCUT2D eigenvalue weighted by atomic mass is 31.1. The second-order valence-corrected chi connectivity index (χ2v) is 4.87. The van der Waals surface area contributed by atoms with Crippen molar-refractivity contribution in [3.8, 4) is 0 Å². The second kappa shape index (κ2) is 7.10. The first kappa shape index (κ1) is 13.8. The number of anilines is 1. The third-order valence-corrected chi connectivity index (χ3v) is 3.10. The van der Waals surface area contributed by atoms with Gasteiger partial charge in [-0.05, 0) is 17.7 Å². The van der Waals surface area contributed by atoms with Gasteiger partial charge in [-0.25, -0.2) is 0 Å². The molecule has 0 heterocycles. The molecule has 0 aliphatic carbocycles. The van der Waals surface area contributed by atoms with Gasteiger partial charge >= 0.3 is 8.25 Å². The van der Waals surface area contributed by atoms with Gasteiger partial charge in [0.25, 0.3) is 0 Å². The number of para-hydroxylation sites is 1. The van der Waals surface area contributed by atoms with E-state index in [0.29, 0.717) is 0 Å². The number of nitrogens with one attached hydrogen (secondary N) is 1. The molecule has 2 N–H and O–H groups in total. The molecule has 0 aromatic heterocycles. The summed E-state index contributed by atoms with van der Waals surface area (Å²) >= 11 is 0. The Morgan fingerprint density at radius 1 is 1.05 bits per heavy atom. The van der Waals surface area contributed by atoms with Gasteiger partial charge in [0.1, 0.15) is 0 Å². The molecule has 0 radical (unpaired) electrons. The van der Waals surface area contributed by atoms with E-state index in [-0.39, 0.29) is 12.6 Å². The van der Waals surface area contributed by atoms with Crippen molar-refractivity contribution >= 4 is 13.9 Å². The maximum absolute atomic E-state index is 10.7. The topological polar surface area (TPSA) is 58.6 Å². The van der Waals surface area contributed by atoms with Gasteiger partial charge in [0.2, 0.25) is 0 Å². The van der Waals surface area contributed by atoms with E-state index < -0.39 is 8.25 Å². The highest BCUT2D eigenvalue weighted by molar-refractivity contribution is 7.32. The maximum atomic E-state index is 10.7. The minimum Gasteiger partial charge on any atom is -0.376 e. The average Bonchev–Trinajstić information content (AvgIpc) is 2.45. The third-order valence-electron chi connectivity index (χ3n) is 2.69. The summed E-state index contributed by atoms with van der Waals surface area (Å²) in [4.78, 5) is 8.81. The van der Waals surface area contributed by atoms with Crippen LogP contribution in [0.5, 0.6) is 0 Å². The Morgan fingerprint density at radius 2 is 1.63 bits per heavy atom. The molecule has 4 nitrogen and oxygen atoms in total. The van der Waals surface area contributed by atoms with E-state index in [1.807, 2.05) is 60.7 Å². The van der Waals surface area contributed by atoms with Crippen molar-refractivity contribution in [1.29, 1.82) is 0 Å². The molecule has 5 heteroatoms. The van der Waals surface area contributed by atoms with Gasteiger partial charge < -0.3 is 14.7 Å². The Hall–Kier alpha value is -1.61. The van der Waals surface area contributed by atoms with Crippen LogP contribution in [-0.4, -0.2) is 11.5 Å². The summed E-state index contributed by atoms with van der Waals surface area (Å²) in [6, 6.07) is 19.2. The van der Waals surface area contributed by atoms with Crippen molar-refractivity contribution in [3.05, 3.63) is 66.2 Å². The fraction of sp³-hybridized carbons (Fsp3) is 0.143. The monoisotopic (exact) mass is 277 g/mol. The second-order valence-electron chi connectivity index (χ2n) is 4.05. The van der Waals surface area contributed by atoms with Gasteiger partial charge in [-0.3, -0.25) is 4.57 Å². The molecule has 100 valence electrons. The molecule has 0 spiro atoms. The van der Waals surface area contributed by atoms with Crippen LogP contribution in [0.4, 0.5) is 5.69 Å².